The molecule has 2 aromatic heterocycles. The first kappa shape index (κ1) is 15.1. The van der Waals surface area contributed by atoms with Gasteiger partial charge in [-0.05, 0) is 32.6 Å². The minimum atomic E-state index is -0.770. The van der Waals surface area contributed by atoms with E-state index in [1.54, 1.807) is 15.6 Å². The Morgan fingerprint density at radius 3 is 2.88 bits per heavy atom. The summed E-state index contributed by atoms with van der Waals surface area (Å²) in [5, 5.41) is 14.0. The van der Waals surface area contributed by atoms with Gasteiger partial charge in [0.2, 0.25) is 0 Å². The Kier molecular flexibility index (Phi) is 3.16. The summed E-state index contributed by atoms with van der Waals surface area (Å²) in [6.45, 7) is 4.54. The lowest BCUT2D eigenvalue weighted by molar-refractivity contribution is -0.149. The number of likely N-dealkylation sites (tertiary alicyclic amines) is 1. The molecule has 126 valence electrons. The van der Waals surface area contributed by atoms with Gasteiger partial charge < -0.3 is 10.0 Å². The SMILES string of the molecule is Cc1cc2ncc(C(=O)N3C[C@@H]4CCC[C@@]4(C(=O)O)C3)c(C)n2n1. The largest absolute Gasteiger partial charge is 0.481 e. The van der Waals surface area contributed by atoms with Crippen LogP contribution in [-0.2, 0) is 4.79 Å². The fourth-order valence-electron chi connectivity index (χ4n) is 4.34. The molecular weight excluding hydrogens is 308 g/mol. The molecule has 1 aliphatic heterocycles. The van der Waals surface area contributed by atoms with Crippen LogP contribution in [0.15, 0.2) is 12.3 Å². The minimum Gasteiger partial charge on any atom is -0.481 e. The molecule has 1 N–H and O–H groups in total. The Bertz CT molecular complexity index is 859. The third kappa shape index (κ3) is 1.96. The van der Waals surface area contributed by atoms with Gasteiger partial charge in [-0.25, -0.2) is 9.50 Å². The number of nitrogens with zero attached hydrogens (tertiary/aromatic N) is 4. The number of hydrogen-bond acceptors (Lipinski definition) is 4. The number of carboxylic acids is 1. The zero-order valence-electron chi connectivity index (χ0n) is 13.8. The van der Waals surface area contributed by atoms with E-state index < -0.39 is 11.4 Å². The predicted octanol–water partition coefficient (Wildman–Crippen LogP) is 1.67. The normalized spacial score (nSPS) is 26.1. The van der Waals surface area contributed by atoms with Gasteiger partial charge in [-0.2, -0.15) is 5.10 Å². The van der Waals surface area contributed by atoms with Gasteiger partial charge in [-0.15, -0.1) is 0 Å². The van der Waals surface area contributed by atoms with Crippen LogP contribution in [0.1, 0.15) is 41.0 Å². The highest BCUT2D eigenvalue weighted by Crippen LogP contribution is 2.49. The molecule has 2 aromatic rings. The summed E-state index contributed by atoms with van der Waals surface area (Å²) in [5.74, 6) is -0.860. The fourth-order valence-corrected chi connectivity index (χ4v) is 4.34. The number of aliphatic carboxylic acids is 1. The van der Waals surface area contributed by atoms with Crippen molar-refractivity contribution in [3.63, 3.8) is 0 Å². The van der Waals surface area contributed by atoms with E-state index in [0.717, 1.165) is 24.2 Å². The highest BCUT2D eigenvalue weighted by molar-refractivity contribution is 5.96. The molecule has 4 rings (SSSR count). The van der Waals surface area contributed by atoms with Gasteiger partial charge in [-0.1, -0.05) is 6.42 Å². The Balaban J connectivity index is 1.68. The van der Waals surface area contributed by atoms with Crippen LogP contribution in [0, 0.1) is 25.2 Å². The van der Waals surface area contributed by atoms with E-state index in [1.165, 1.54) is 0 Å². The van der Waals surface area contributed by atoms with E-state index in [1.807, 2.05) is 19.9 Å². The van der Waals surface area contributed by atoms with Crippen LogP contribution in [-0.4, -0.2) is 49.6 Å². The molecule has 2 atom stereocenters. The van der Waals surface area contributed by atoms with E-state index in [-0.39, 0.29) is 11.8 Å². The van der Waals surface area contributed by atoms with E-state index in [4.69, 9.17) is 0 Å². The van der Waals surface area contributed by atoms with Gasteiger partial charge in [0.05, 0.1) is 22.4 Å². The average Bonchev–Trinajstić information content (AvgIpc) is 3.18. The molecule has 2 aliphatic rings. The third-order valence-electron chi connectivity index (χ3n) is 5.66. The maximum absolute atomic E-state index is 13.0. The minimum absolute atomic E-state index is 0.0582. The zero-order chi connectivity index (χ0) is 17.1. The Morgan fingerprint density at radius 1 is 1.38 bits per heavy atom. The summed E-state index contributed by atoms with van der Waals surface area (Å²) in [6, 6.07) is 1.86. The molecular formula is C17H20N4O3. The molecule has 0 radical (unpaired) electrons. The molecule has 24 heavy (non-hydrogen) atoms. The molecule has 2 fully saturated rings. The Hall–Kier alpha value is -2.44. The van der Waals surface area contributed by atoms with Crippen LogP contribution < -0.4 is 0 Å². The zero-order valence-corrected chi connectivity index (χ0v) is 13.8. The van der Waals surface area contributed by atoms with Crippen LogP contribution in [0.5, 0.6) is 0 Å². The second kappa shape index (κ2) is 5.03. The number of aromatic nitrogens is 3. The van der Waals surface area contributed by atoms with E-state index >= 15 is 0 Å². The van der Waals surface area contributed by atoms with Crippen molar-refractivity contribution in [2.24, 2.45) is 11.3 Å². The lowest BCUT2D eigenvalue weighted by Gasteiger charge is -2.23. The van der Waals surface area contributed by atoms with Crippen molar-refractivity contribution in [1.29, 1.82) is 0 Å². The predicted molar refractivity (Wildman–Crippen MR) is 85.8 cm³/mol. The Morgan fingerprint density at radius 2 is 2.17 bits per heavy atom. The van der Waals surface area contributed by atoms with Crippen LogP contribution in [0.2, 0.25) is 0 Å². The molecule has 0 bridgehead atoms. The number of hydrogen-bond donors (Lipinski definition) is 1. The molecule has 1 amide bonds. The van der Waals surface area contributed by atoms with Crippen LogP contribution in [0.25, 0.3) is 5.65 Å². The Labute approximate surface area is 139 Å². The quantitative estimate of drug-likeness (QED) is 0.906. The van der Waals surface area contributed by atoms with E-state index in [0.29, 0.717) is 30.7 Å². The lowest BCUT2D eigenvalue weighted by Crippen LogP contribution is -2.37. The van der Waals surface area contributed by atoms with Crippen molar-refractivity contribution in [2.45, 2.75) is 33.1 Å². The third-order valence-corrected chi connectivity index (χ3v) is 5.66. The summed E-state index contributed by atoms with van der Waals surface area (Å²) in [4.78, 5) is 30.8. The molecule has 0 unspecified atom stereocenters. The van der Waals surface area contributed by atoms with Gasteiger partial charge >= 0.3 is 5.97 Å². The topological polar surface area (TPSA) is 87.8 Å². The van der Waals surface area contributed by atoms with Crippen molar-refractivity contribution in [3.05, 3.63) is 29.2 Å². The number of carbonyl (C=O) groups is 2. The lowest BCUT2D eigenvalue weighted by atomic mass is 9.81. The summed E-state index contributed by atoms with van der Waals surface area (Å²) in [7, 11) is 0. The molecule has 1 saturated carbocycles. The number of aryl methyl sites for hydroxylation is 2. The van der Waals surface area contributed by atoms with Gasteiger partial charge in [0, 0.05) is 25.4 Å². The number of rotatable bonds is 2. The monoisotopic (exact) mass is 328 g/mol. The van der Waals surface area contributed by atoms with Crippen molar-refractivity contribution in [3.8, 4) is 0 Å². The highest BCUT2D eigenvalue weighted by Gasteiger charge is 2.55. The summed E-state index contributed by atoms with van der Waals surface area (Å²) >= 11 is 0. The standard InChI is InChI=1S/C17H20N4O3/c1-10-6-14-18-7-13(11(2)21(14)19-10)15(22)20-8-12-4-3-5-17(12,9-20)16(23)24/h6-7,12H,3-5,8-9H2,1-2H3,(H,23,24)/t12-,17+/m0/s1. The molecule has 0 aromatic carbocycles. The first-order valence-corrected chi connectivity index (χ1v) is 8.27. The van der Waals surface area contributed by atoms with Crippen LogP contribution in [0.4, 0.5) is 0 Å². The van der Waals surface area contributed by atoms with Gasteiger partial charge in [0.1, 0.15) is 0 Å². The first-order chi connectivity index (χ1) is 11.4. The molecule has 1 aliphatic carbocycles. The maximum atomic E-state index is 13.0. The average molecular weight is 328 g/mol. The van der Waals surface area contributed by atoms with Crippen LogP contribution >= 0.6 is 0 Å². The van der Waals surface area contributed by atoms with Crippen molar-refractivity contribution < 1.29 is 14.7 Å². The molecule has 7 heteroatoms. The van der Waals surface area contributed by atoms with E-state index in [9.17, 15) is 14.7 Å². The summed E-state index contributed by atoms with van der Waals surface area (Å²) < 4.78 is 1.67. The molecule has 3 heterocycles. The highest BCUT2D eigenvalue weighted by atomic mass is 16.4. The summed E-state index contributed by atoms with van der Waals surface area (Å²) in [6.07, 6.45) is 4.05. The summed E-state index contributed by atoms with van der Waals surface area (Å²) in [5.41, 5.74) is 2.02. The number of amides is 1. The van der Waals surface area contributed by atoms with Crippen molar-refractivity contribution in [1.82, 2.24) is 19.5 Å². The van der Waals surface area contributed by atoms with Crippen LogP contribution in [0.3, 0.4) is 0 Å². The molecule has 7 nitrogen and oxygen atoms in total. The van der Waals surface area contributed by atoms with Gasteiger partial charge in [0.25, 0.3) is 5.91 Å². The van der Waals surface area contributed by atoms with Crippen molar-refractivity contribution in [2.75, 3.05) is 13.1 Å². The molecule has 1 saturated heterocycles. The van der Waals surface area contributed by atoms with Crippen molar-refractivity contribution >= 4 is 17.5 Å². The van der Waals surface area contributed by atoms with E-state index in [2.05, 4.69) is 10.1 Å². The smallest absolute Gasteiger partial charge is 0.311 e. The number of fused-ring (bicyclic) bond motifs is 2. The number of carbonyl (C=O) groups excluding carboxylic acids is 1. The maximum Gasteiger partial charge on any atom is 0.311 e. The molecule has 0 spiro atoms. The fraction of sp³-hybridized carbons (Fsp3) is 0.529. The van der Waals surface area contributed by atoms with Gasteiger partial charge in [-0.3, -0.25) is 9.59 Å². The first-order valence-electron chi connectivity index (χ1n) is 8.27. The second-order valence-corrected chi connectivity index (χ2v) is 7.05. The number of carboxylic acid groups (broad SMARTS) is 1. The second-order valence-electron chi connectivity index (χ2n) is 7.05. The van der Waals surface area contributed by atoms with Gasteiger partial charge in [0.15, 0.2) is 5.65 Å².